The molecular formula is C50H92NO8+. The first-order chi connectivity index (χ1) is 28.6. The summed E-state index contributed by atoms with van der Waals surface area (Å²) in [5, 5.41) is 9.64. The van der Waals surface area contributed by atoms with Crippen LogP contribution in [0.2, 0.25) is 0 Å². The van der Waals surface area contributed by atoms with Crippen LogP contribution in [0.15, 0.2) is 36.5 Å². The van der Waals surface area contributed by atoms with Crippen LogP contribution in [0.25, 0.3) is 0 Å². The molecule has 2 atom stereocenters. The van der Waals surface area contributed by atoms with Gasteiger partial charge in [0.2, 0.25) is 0 Å². The van der Waals surface area contributed by atoms with Crippen molar-refractivity contribution >= 4 is 17.9 Å². The van der Waals surface area contributed by atoms with Gasteiger partial charge in [0.15, 0.2) is 6.10 Å². The summed E-state index contributed by atoms with van der Waals surface area (Å²) in [5.41, 5.74) is 0. The number of ether oxygens (including phenoxy) is 4. The molecule has 9 heteroatoms. The molecule has 0 fully saturated rings. The maximum Gasteiger partial charge on any atom is 0.361 e. The molecule has 0 aromatic rings. The molecule has 9 nitrogen and oxygen atoms in total. The molecule has 59 heavy (non-hydrogen) atoms. The second-order valence-corrected chi connectivity index (χ2v) is 17.4. The quantitative estimate of drug-likeness (QED) is 0.0213. The lowest BCUT2D eigenvalue weighted by Crippen LogP contribution is -2.40. The van der Waals surface area contributed by atoms with E-state index in [-0.39, 0.29) is 32.2 Å². The number of hydrogen-bond acceptors (Lipinski definition) is 7. The van der Waals surface area contributed by atoms with Gasteiger partial charge in [-0.2, -0.15) is 0 Å². The van der Waals surface area contributed by atoms with Crippen LogP contribution in [0.4, 0.5) is 0 Å². The van der Waals surface area contributed by atoms with Gasteiger partial charge in [0, 0.05) is 12.8 Å². The zero-order chi connectivity index (χ0) is 43.5. The number of nitrogens with zero attached hydrogens (tertiary/aromatic N) is 1. The zero-order valence-corrected chi connectivity index (χ0v) is 38.9. The monoisotopic (exact) mass is 835 g/mol. The Hall–Kier alpha value is -2.49. The molecule has 0 aliphatic rings. The number of allylic oxidation sites excluding steroid dienone is 6. The number of carboxylic acids is 1. The molecule has 0 rings (SSSR count). The van der Waals surface area contributed by atoms with E-state index < -0.39 is 24.3 Å². The van der Waals surface area contributed by atoms with Crippen molar-refractivity contribution in [3.8, 4) is 0 Å². The summed E-state index contributed by atoms with van der Waals surface area (Å²) in [5.74, 6) is -2.02. The van der Waals surface area contributed by atoms with Crippen molar-refractivity contribution < 1.29 is 42.9 Å². The number of unbranched alkanes of at least 4 members (excludes halogenated alkanes) is 23. The minimum atomic E-state index is -1.51. The normalized spacial score (nSPS) is 13.2. The van der Waals surface area contributed by atoms with Crippen molar-refractivity contribution in [1.82, 2.24) is 0 Å². The number of carbonyl (C=O) groups is 3. The van der Waals surface area contributed by atoms with Crippen LogP contribution in [0.3, 0.4) is 0 Å². The van der Waals surface area contributed by atoms with Crippen molar-refractivity contribution in [2.45, 2.75) is 219 Å². The molecule has 0 bridgehead atoms. The van der Waals surface area contributed by atoms with Crippen LogP contribution < -0.4 is 0 Å². The molecule has 0 saturated carbocycles. The van der Waals surface area contributed by atoms with E-state index >= 15 is 0 Å². The van der Waals surface area contributed by atoms with Gasteiger partial charge in [0.25, 0.3) is 6.29 Å². The lowest BCUT2D eigenvalue weighted by Gasteiger charge is -2.25. The fraction of sp³-hybridized carbons (Fsp3) is 0.820. The highest BCUT2D eigenvalue weighted by Gasteiger charge is 2.25. The number of rotatable bonds is 44. The SMILES string of the molecule is CCCCCCC/C=C\C/C=C\C/C=C\CCCCCCCCC(=O)OC(COC(=O)CCCCCCCCCCCCCCC)COC(OCC[N+](C)(C)C)C(=O)O. The molecule has 0 aromatic carbocycles. The van der Waals surface area contributed by atoms with Gasteiger partial charge in [-0.15, -0.1) is 0 Å². The fourth-order valence-electron chi connectivity index (χ4n) is 6.61. The van der Waals surface area contributed by atoms with Crippen LogP contribution in [-0.4, -0.2) is 87.4 Å². The summed E-state index contributed by atoms with van der Waals surface area (Å²) in [7, 11) is 5.95. The molecule has 0 heterocycles. The lowest BCUT2D eigenvalue weighted by atomic mass is 10.0. The second-order valence-electron chi connectivity index (χ2n) is 17.4. The first-order valence-corrected chi connectivity index (χ1v) is 24.2. The Labute approximate surface area is 362 Å². The first kappa shape index (κ1) is 56.5. The van der Waals surface area contributed by atoms with Gasteiger partial charge < -0.3 is 28.5 Å². The van der Waals surface area contributed by atoms with Crippen molar-refractivity contribution in [1.29, 1.82) is 0 Å². The summed E-state index contributed by atoms with van der Waals surface area (Å²) >= 11 is 0. The Balaban J connectivity index is 4.40. The number of likely N-dealkylation sites (N-methyl/N-ethyl adjacent to an activating group) is 1. The Morgan fingerprint density at radius 1 is 0.508 bits per heavy atom. The van der Waals surface area contributed by atoms with Crippen LogP contribution >= 0.6 is 0 Å². The average molecular weight is 835 g/mol. The van der Waals surface area contributed by atoms with Crippen molar-refractivity contribution in [2.75, 3.05) is 47.5 Å². The smallest absolute Gasteiger partial charge is 0.361 e. The Morgan fingerprint density at radius 2 is 0.915 bits per heavy atom. The molecule has 0 aliphatic heterocycles. The molecule has 0 amide bonds. The summed E-state index contributed by atoms with van der Waals surface area (Å²) in [6.07, 6.45) is 44.8. The summed E-state index contributed by atoms with van der Waals surface area (Å²) in [4.78, 5) is 37.2. The summed E-state index contributed by atoms with van der Waals surface area (Å²) in [6, 6.07) is 0. The van der Waals surface area contributed by atoms with Crippen molar-refractivity contribution in [3.63, 3.8) is 0 Å². The Kier molecular flexibility index (Phi) is 40.4. The minimum Gasteiger partial charge on any atom is -0.477 e. The van der Waals surface area contributed by atoms with Crippen molar-refractivity contribution in [2.24, 2.45) is 0 Å². The zero-order valence-electron chi connectivity index (χ0n) is 38.9. The van der Waals surface area contributed by atoms with Gasteiger partial charge in [-0.25, -0.2) is 4.79 Å². The van der Waals surface area contributed by atoms with Gasteiger partial charge in [-0.1, -0.05) is 179 Å². The molecule has 0 radical (unpaired) electrons. The van der Waals surface area contributed by atoms with Crippen LogP contribution in [0.5, 0.6) is 0 Å². The number of carboxylic acid groups (broad SMARTS) is 1. The maximum absolute atomic E-state index is 12.8. The molecule has 0 aliphatic carbocycles. The van der Waals surface area contributed by atoms with Gasteiger partial charge >= 0.3 is 17.9 Å². The van der Waals surface area contributed by atoms with Crippen molar-refractivity contribution in [3.05, 3.63) is 36.5 Å². The number of hydrogen-bond donors (Lipinski definition) is 1. The molecule has 0 aromatic heterocycles. The third kappa shape index (κ3) is 43.4. The van der Waals surface area contributed by atoms with Gasteiger partial charge in [0.05, 0.1) is 34.4 Å². The third-order valence-corrected chi connectivity index (χ3v) is 10.4. The van der Waals surface area contributed by atoms with E-state index in [1.807, 2.05) is 21.1 Å². The first-order valence-electron chi connectivity index (χ1n) is 24.2. The van der Waals surface area contributed by atoms with E-state index in [1.54, 1.807) is 0 Å². The lowest BCUT2D eigenvalue weighted by molar-refractivity contribution is -0.870. The molecule has 0 spiro atoms. The second kappa shape index (κ2) is 42.2. The molecule has 0 saturated heterocycles. The molecule has 2 unspecified atom stereocenters. The Bertz CT molecular complexity index is 1070. The number of quaternary nitrogens is 1. The van der Waals surface area contributed by atoms with Crippen LogP contribution in [0, 0.1) is 0 Å². The van der Waals surface area contributed by atoms with Gasteiger partial charge in [-0.05, 0) is 51.4 Å². The van der Waals surface area contributed by atoms with E-state index in [0.29, 0.717) is 23.9 Å². The Morgan fingerprint density at radius 3 is 1.36 bits per heavy atom. The molecular weight excluding hydrogens is 743 g/mol. The average Bonchev–Trinajstić information content (AvgIpc) is 3.19. The van der Waals surface area contributed by atoms with Gasteiger partial charge in [-0.3, -0.25) is 9.59 Å². The summed E-state index contributed by atoms with van der Waals surface area (Å²) in [6.45, 7) is 4.85. The third-order valence-electron chi connectivity index (χ3n) is 10.4. The minimum absolute atomic E-state index is 0.185. The van der Waals surface area contributed by atoms with E-state index in [2.05, 4.69) is 50.3 Å². The molecule has 1 N–H and O–H groups in total. The van der Waals surface area contributed by atoms with Gasteiger partial charge in [0.1, 0.15) is 13.2 Å². The predicted octanol–water partition coefficient (Wildman–Crippen LogP) is 13.0. The highest BCUT2D eigenvalue weighted by Crippen LogP contribution is 2.15. The largest absolute Gasteiger partial charge is 0.477 e. The van der Waals surface area contributed by atoms with E-state index in [1.165, 1.54) is 116 Å². The number of aliphatic carboxylic acids is 1. The topological polar surface area (TPSA) is 108 Å². The van der Waals surface area contributed by atoms with E-state index in [9.17, 15) is 19.5 Å². The number of esters is 2. The number of carbonyl (C=O) groups excluding carboxylic acids is 2. The predicted molar refractivity (Wildman–Crippen MR) is 244 cm³/mol. The fourth-order valence-corrected chi connectivity index (χ4v) is 6.61. The standard InChI is InChI=1S/C50H91NO8/c1-6-8-10-12-14-16-18-20-21-22-23-24-25-26-27-29-31-33-35-37-39-41-48(53)59-46(45-58-50(49(54)55)56-43-42-51(3,4)5)44-57-47(52)40-38-36-34-32-30-28-19-17-15-13-11-9-7-2/h18,20,22-23,25-26,46,50H,6-17,19,21,24,27-45H2,1-5H3/p+1/b20-18-,23-22-,26-25-. The highest BCUT2D eigenvalue weighted by atomic mass is 16.7. The molecule has 344 valence electrons. The van der Waals surface area contributed by atoms with E-state index in [4.69, 9.17) is 18.9 Å². The summed E-state index contributed by atoms with van der Waals surface area (Å²) < 4.78 is 22.7. The van der Waals surface area contributed by atoms with Crippen LogP contribution in [0.1, 0.15) is 206 Å². The highest BCUT2D eigenvalue weighted by molar-refractivity contribution is 5.71. The van der Waals surface area contributed by atoms with E-state index in [0.717, 1.165) is 57.8 Å². The van der Waals surface area contributed by atoms with Crippen LogP contribution in [-0.2, 0) is 33.3 Å². The maximum atomic E-state index is 12.8.